The molecule has 1 saturated heterocycles. The zero-order valence-corrected chi connectivity index (χ0v) is 17.0. The molecule has 3 heterocycles. The first kappa shape index (κ1) is 18.7. The standard InChI is InChI=1S/C20H19ClN2O2S2/c21-16-6-4-14(5-7-16)18(24)12-27-20(26)22-9-13-8-15(11-22)17-2-1-3-19(25)23(17)10-13/h1-7,13,15H,8-12H2/t13-,15+/m0/s1. The highest BCUT2D eigenvalue weighted by molar-refractivity contribution is 8.23. The zero-order valence-electron chi connectivity index (χ0n) is 14.6. The Labute approximate surface area is 172 Å². The number of benzene rings is 1. The minimum absolute atomic E-state index is 0.0492. The smallest absolute Gasteiger partial charge is 0.250 e. The first-order valence-corrected chi connectivity index (χ1v) is 10.7. The maximum absolute atomic E-state index is 12.4. The Balaban J connectivity index is 1.40. The molecule has 1 aromatic carbocycles. The molecule has 0 N–H and O–H groups in total. The molecule has 2 aromatic rings. The van der Waals surface area contributed by atoms with Gasteiger partial charge in [-0.1, -0.05) is 41.6 Å². The number of pyridine rings is 1. The lowest BCUT2D eigenvalue weighted by Crippen LogP contribution is -2.48. The Bertz CT molecular complexity index is 942. The molecule has 0 aliphatic carbocycles. The molecule has 0 unspecified atom stereocenters. The molecule has 2 atom stereocenters. The van der Waals surface area contributed by atoms with Gasteiger partial charge in [-0.15, -0.1) is 0 Å². The van der Waals surface area contributed by atoms with Gasteiger partial charge in [0.1, 0.15) is 4.32 Å². The van der Waals surface area contributed by atoms with Crippen LogP contribution in [0.15, 0.2) is 47.3 Å². The molecule has 27 heavy (non-hydrogen) atoms. The summed E-state index contributed by atoms with van der Waals surface area (Å²) in [5, 5.41) is 0.619. The Kier molecular flexibility index (Phi) is 5.39. The van der Waals surface area contributed by atoms with Crippen LogP contribution >= 0.6 is 35.6 Å². The Hall–Kier alpha value is -1.63. The minimum atomic E-state index is 0.0492. The second kappa shape index (κ2) is 7.78. The molecule has 2 aliphatic heterocycles. The van der Waals surface area contributed by atoms with Gasteiger partial charge in [-0.25, -0.2) is 0 Å². The van der Waals surface area contributed by atoms with Crippen LogP contribution in [0.3, 0.4) is 0 Å². The van der Waals surface area contributed by atoms with Crippen molar-refractivity contribution < 1.29 is 4.79 Å². The number of hydrogen-bond acceptors (Lipinski definition) is 4. The van der Waals surface area contributed by atoms with Gasteiger partial charge in [0.25, 0.3) is 5.56 Å². The third-order valence-corrected chi connectivity index (χ3v) is 7.01. The van der Waals surface area contributed by atoms with Crippen LogP contribution in [0, 0.1) is 5.92 Å². The topological polar surface area (TPSA) is 42.3 Å². The highest BCUT2D eigenvalue weighted by Crippen LogP contribution is 2.36. The van der Waals surface area contributed by atoms with Crippen molar-refractivity contribution in [2.24, 2.45) is 5.92 Å². The van der Waals surface area contributed by atoms with E-state index in [9.17, 15) is 9.59 Å². The van der Waals surface area contributed by atoms with E-state index < -0.39 is 0 Å². The molecule has 2 bridgehead atoms. The van der Waals surface area contributed by atoms with Gasteiger partial charge in [-0.05, 0) is 42.7 Å². The van der Waals surface area contributed by atoms with Crippen LogP contribution in [0.2, 0.25) is 5.02 Å². The van der Waals surface area contributed by atoms with Crippen LogP contribution < -0.4 is 5.56 Å². The summed E-state index contributed by atoms with van der Waals surface area (Å²) in [6, 6.07) is 12.5. The summed E-state index contributed by atoms with van der Waals surface area (Å²) in [5.74, 6) is 1.11. The van der Waals surface area contributed by atoms with Gasteiger partial charge in [0.2, 0.25) is 0 Å². The quantitative estimate of drug-likeness (QED) is 0.560. The third kappa shape index (κ3) is 3.98. The van der Waals surface area contributed by atoms with Gasteiger partial charge in [0.05, 0.1) is 5.75 Å². The van der Waals surface area contributed by atoms with E-state index in [1.807, 2.05) is 16.7 Å². The van der Waals surface area contributed by atoms with Gasteiger partial charge < -0.3 is 9.47 Å². The Morgan fingerprint density at radius 3 is 2.70 bits per heavy atom. The molecular formula is C20H19ClN2O2S2. The van der Waals surface area contributed by atoms with Crippen molar-refractivity contribution in [3.05, 3.63) is 69.1 Å². The number of carbonyl (C=O) groups excluding carboxylic acids is 1. The van der Waals surface area contributed by atoms with Crippen molar-refractivity contribution in [3.63, 3.8) is 0 Å². The second-order valence-corrected chi connectivity index (χ2v) is 9.13. The highest BCUT2D eigenvalue weighted by atomic mass is 35.5. The SMILES string of the molecule is O=C(CSC(=S)N1C[C@@H]2C[C@H](C1)c1cccc(=O)n1C2)c1ccc(Cl)cc1. The van der Waals surface area contributed by atoms with Crippen molar-refractivity contribution in [2.75, 3.05) is 18.8 Å². The average molecular weight is 419 g/mol. The first-order valence-electron chi connectivity index (χ1n) is 8.91. The first-order chi connectivity index (χ1) is 13.0. The number of aromatic nitrogens is 1. The van der Waals surface area contributed by atoms with Gasteiger partial charge >= 0.3 is 0 Å². The summed E-state index contributed by atoms with van der Waals surface area (Å²) in [7, 11) is 0. The number of nitrogens with zero attached hydrogens (tertiary/aromatic N) is 2. The fourth-order valence-corrected chi connectivity index (χ4v) is 5.19. The van der Waals surface area contributed by atoms with Crippen molar-refractivity contribution >= 4 is 45.7 Å². The van der Waals surface area contributed by atoms with E-state index in [1.165, 1.54) is 11.8 Å². The molecule has 140 valence electrons. The highest BCUT2D eigenvalue weighted by Gasteiger charge is 2.35. The number of fused-ring (bicyclic) bond motifs is 4. The molecule has 0 radical (unpaired) electrons. The molecule has 2 aliphatic rings. The summed E-state index contributed by atoms with van der Waals surface area (Å²) in [4.78, 5) is 26.7. The summed E-state index contributed by atoms with van der Waals surface area (Å²) < 4.78 is 2.68. The Morgan fingerprint density at radius 2 is 1.93 bits per heavy atom. The van der Waals surface area contributed by atoms with Gasteiger partial charge in [-0.2, -0.15) is 0 Å². The number of carbonyl (C=O) groups is 1. The van der Waals surface area contributed by atoms with Crippen molar-refractivity contribution in [1.29, 1.82) is 0 Å². The zero-order chi connectivity index (χ0) is 19.0. The fourth-order valence-electron chi connectivity index (χ4n) is 3.98. The number of hydrogen-bond donors (Lipinski definition) is 0. The molecule has 7 heteroatoms. The van der Waals surface area contributed by atoms with E-state index in [1.54, 1.807) is 30.3 Å². The monoisotopic (exact) mass is 418 g/mol. The van der Waals surface area contributed by atoms with Gasteiger partial charge in [0.15, 0.2) is 5.78 Å². The van der Waals surface area contributed by atoms with E-state index in [4.69, 9.17) is 23.8 Å². The summed E-state index contributed by atoms with van der Waals surface area (Å²) in [6.07, 6.45) is 1.09. The van der Waals surface area contributed by atoms with Crippen LogP contribution in [-0.4, -0.2) is 38.4 Å². The number of piperidine rings is 1. The molecule has 1 aromatic heterocycles. The molecule has 0 saturated carbocycles. The lowest BCUT2D eigenvalue weighted by atomic mass is 9.83. The number of rotatable bonds is 3. The molecule has 0 amide bonds. The Morgan fingerprint density at radius 1 is 1.15 bits per heavy atom. The number of thiocarbonyl (C=S) groups is 1. The van der Waals surface area contributed by atoms with Crippen LogP contribution in [0.1, 0.15) is 28.4 Å². The molecular weight excluding hydrogens is 400 g/mol. The van der Waals surface area contributed by atoms with Crippen LogP contribution in [-0.2, 0) is 6.54 Å². The maximum Gasteiger partial charge on any atom is 0.250 e. The van der Waals surface area contributed by atoms with Crippen molar-refractivity contribution in [2.45, 2.75) is 18.9 Å². The normalized spacial score (nSPS) is 20.9. The second-order valence-electron chi connectivity index (χ2n) is 7.09. The summed E-state index contributed by atoms with van der Waals surface area (Å²) in [6.45, 7) is 2.40. The molecule has 4 rings (SSSR count). The van der Waals surface area contributed by atoms with E-state index in [0.29, 0.717) is 28.2 Å². The number of likely N-dealkylation sites (tertiary alicyclic amines) is 1. The van der Waals surface area contributed by atoms with E-state index in [0.717, 1.165) is 36.1 Å². The number of halogens is 1. The predicted octanol–water partition coefficient (Wildman–Crippen LogP) is 3.82. The number of Topliss-reactive ketones (excluding diaryl/α,β-unsaturated/α-hetero) is 1. The molecule has 4 nitrogen and oxygen atoms in total. The van der Waals surface area contributed by atoms with Crippen LogP contribution in [0.5, 0.6) is 0 Å². The molecule has 1 fully saturated rings. The van der Waals surface area contributed by atoms with Crippen LogP contribution in [0.4, 0.5) is 0 Å². The van der Waals surface area contributed by atoms with Crippen molar-refractivity contribution in [3.8, 4) is 0 Å². The lowest BCUT2D eigenvalue weighted by molar-refractivity contribution is 0.102. The lowest BCUT2D eigenvalue weighted by Gasteiger charge is -2.43. The minimum Gasteiger partial charge on any atom is -0.356 e. The largest absolute Gasteiger partial charge is 0.356 e. The average Bonchev–Trinajstić information content (AvgIpc) is 2.67. The molecule has 0 spiro atoms. The third-order valence-electron chi connectivity index (χ3n) is 5.23. The number of ketones is 1. The van der Waals surface area contributed by atoms with E-state index in [2.05, 4.69) is 4.90 Å². The van der Waals surface area contributed by atoms with E-state index >= 15 is 0 Å². The van der Waals surface area contributed by atoms with Gasteiger partial charge in [-0.3, -0.25) is 9.59 Å². The van der Waals surface area contributed by atoms with Crippen molar-refractivity contribution in [1.82, 2.24) is 9.47 Å². The van der Waals surface area contributed by atoms with Gasteiger partial charge in [0, 0.05) is 47.9 Å². The maximum atomic E-state index is 12.4. The summed E-state index contributed by atoms with van der Waals surface area (Å²) in [5.41, 5.74) is 1.84. The summed E-state index contributed by atoms with van der Waals surface area (Å²) >= 11 is 12.9. The fraction of sp³-hybridized carbons (Fsp3) is 0.350. The van der Waals surface area contributed by atoms with E-state index in [-0.39, 0.29) is 11.3 Å². The predicted molar refractivity (Wildman–Crippen MR) is 114 cm³/mol. The van der Waals surface area contributed by atoms with Crippen LogP contribution in [0.25, 0.3) is 0 Å². The number of thioether (sulfide) groups is 1.